The first-order valence-electron chi connectivity index (χ1n) is 15.4. The van der Waals surface area contributed by atoms with Gasteiger partial charge >= 0.3 is 0 Å². The molecular formula is C37H46Cl2N4OS2. The fourth-order valence-electron chi connectivity index (χ4n) is 5.24. The number of anilines is 4. The van der Waals surface area contributed by atoms with Gasteiger partial charge in [0, 0.05) is 56.7 Å². The molecule has 0 saturated carbocycles. The van der Waals surface area contributed by atoms with Crippen LogP contribution in [0.5, 0.6) is 0 Å². The van der Waals surface area contributed by atoms with Gasteiger partial charge in [0.2, 0.25) is 0 Å². The minimum Gasteiger partial charge on any atom is -0.338 e. The number of rotatable bonds is 8. The third-order valence-corrected chi connectivity index (χ3v) is 10.7. The van der Waals surface area contributed by atoms with Gasteiger partial charge in [0.1, 0.15) is 0 Å². The number of para-hydroxylation sites is 3. The highest BCUT2D eigenvalue weighted by molar-refractivity contribution is 8.00. The predicted octanol–water partition coefficient (Wildman–Crippen LogP) is 9.92. The molecule has 0 saturated heterocycles. The Morgan fingerprint density at radius 2 is 0.978 bits per heavy atom. The highest BCUT2D eigenvalue weighted by atomic mass is 35.5. The first kappa shape index (κ1) is 37.8. The average Bonchev–Trinajstić information content (AvgIpc) is 3.04. The van der Waals surface area contributed by atoms with E-state index < -0.39 is 0 Å². The first-order chi connectivity index (χ1) is 21.2. The number of ketones is 1. The van der Waals surface area contributed by atoms with E-state index >= 15 is 0 Å². The van der Waals surface area contributed by atoms with Crippen LogP contribution in [-0.2, 0) is 0 Å². The summed E-state index contributed by atoms with van der Waals surface area (Å²) in [6.45, 7) is 8.30. The van der Waals surface area contributed by atoms with Crippen LogP contribution < -0.4 is 9.80 Å². The minimum atomic E-state index is 0. The molecule has 2 aliphatic heterocycles. The van der Waals surface area contributed by atoms with Crippen LogP contribution in [0, 0.1) is 0 Å². The lowest BCUT2D eigenvalue weighted by atomic mass is 10.1. The largest absolute Gasteiger partial charge is 0.338 e. The van der Waals surface area contributed by atoms with Crippen molar-refractivity contribution in [2.45, 2.75) is 58.9 Å². The normalized spacial score (nSPS) is 13.9. The Hall–Kier alpha value is -2.65. The predicted molar refractivity (Wildman–Crippen MR) is 203 cm³/mol. The third-order valence-electron chi connectivity index (χ3n) is 8.46. The molecule has 5 nitrogen and oxygen atoms in total. The van der Waals surface area contributed by atoms with Crippen LogP contribution in [0.4, 0.5) is 22.7 Å². The third kappa shape index (κ3) is 8.43. The van der Waals surface area contributed by atoms with Gasteiger partial charge in [0.25, 0.3) is 0 Å². The summed E-state index contributed by atoms with van der Waals surface area (Å²) in [5, 5.41) is 0. The smallest absolute Gasteiger partial charge is 0.162 e. The van der Waals surface area contributed by atoms with Gasteiger partial charge in [-0.1, -0.05) is 72.9 Å². The van der Waals surface area contributed by atoms with Crippen LogP contribution in [0.25, 0.3) is 0 Å². The second-order valence-electron chi connectivity index (χ2n) is 11.9. The van der Waals surface area contributed by atoms with E-state index in [1.54, 1.807) is 11.8 Å². The molecule has 0 spiro atoms. The molecule has 2 heterocycles. The van der Waals surface area contributed by atoms with Crippen molar-refractivity contribution in [3.8, 4) is 0 Å². The summed E-state index contributed by atoms with van der Waals surface area (Å²) in [5.74, 6) is 0.197. The molecule has 0 radical (unpaired) electrons. The fourth-order valence-corrected chi connectivity index (χ4v) is 7.41. The second-order valence-corrected chi connectivity index (χ2v) is 14.1. The Bertz CT molecular complexity index is 1570. The quantitative estimate of drug-likeness (QED) is 0.169. The van der Waals surface area contributed by atoms with Crippen LogP contribution in [0.2, 0.25) is 0 Å². The van der Waals surface area contributed by atoms with Crippen LogP contribution in [0.3, 0.4) is 0 Å². The van der Waals surface area contributed by atoms with E-state index in [9.17, 15) is 4.79 Å². The molecule has 0 aliphatic carbocycles. The minimum absolute atomic E-state index is 0. The number of fused-ring (bicyclic) bond motifs is 4. The lowest BCUT2D eigenvalue weighted by molar-refractivity contribution is 0.0988. The van der Waals surface area contributed by atoms with Crippen molar-refractivity contribution in [3.05, 3.63) is 96.6 Å². The van der Waals surface area contributed by atoms with Crippen LogP contribution in [0.15, 0.2) is 111 Å². The summed E-state index contributed by atoms with van der Waals surface area (Å²) in [4.78, 5) is 26.6. The molecule has 0 fully saturated rings. The van der Waals surface area contributed by atoms with E-state index in [1.807, 2.05) is 24.8 Å². The van der Waals surface area contributed by atoms with Gasteiger partial charge in [-0.05, 0) is 90.6 Å². The SMILES string of the molecule is CC(CN1c2ccccc2Sc2ccccc21)N(C)C.CCC(=O)c1ccc2c(c1)N(CC(C)N(C)C)c1ccccc1S2.Cl.Cl. The highest BCUT2D eigenvalue weighted by Crippen LogP contribution is 2.49. The molecule has 9 heteroatoms. The summed E-state index contributed by atoms with van der Waals surface area (Å²) < 4.78 is 0. The molecule has 2 aliphatic rings. The van der Waals surface area contributed by atoms with Gasteiger partial charge in [0.05, 0.1) is 22.7 Å². The standard InChI is InChI=1S/C20H24N2OS.C17H20N2S.2ClH/c1-5-18(23)15-10-11-20-17(12-15)22(13-14(2)21(3)4)16-8-6-7-9-19(16)24-20;1-13(18(2)3)12-19-14-8-4-6-10-16(14)20-17-11-7-5-9-15(17)19;;/h6-12,14H,5,13H2,1-4H3;4-11,13H,12H2,1-3H3;2*1H. The fraction of sp³-hybridized carbons (Fsp3) is 0.324. The van der Waals surface area contributed by atoms with Crippen molar-refractivity contribution < 1.29 is 4.79 Å². The number of likely N-dealkylation sites (N-methyl/N-ethyl adjacent to an activating group) is 2. The van der Waals surface area contributed by atoms with E-state index in [1.165, 1.54) is 36.6 Å². The van der Waals surface area contributed by atoms with Crippen molar-refractivity contribution in [3.63, 3.8) is 0 Å². The highest BCUT2D eigenvalue weighted by Gasteiger charge is 2.26. The number of carbonyl (C=O) groups excluding carboxylic acids is 1. The molecule has 246 valence electrons. The average molecular weight is 698 g/mol. The van der Waals surface area contributed by atoms with Crippen molar-refractivity contribution in [2.24, 2.45) is 0 Å². The Balaban J connectivity index is 0.000000243. The van der Waals surface area contributed by atoms with Gasteiger partial charge < -0.3 is 19.6 Å². The summed E-state index contributed by atoms with van der Waals surface area (Å²) in [5.41, 5.74) is 5.82. The monoisotopic (exact) mass is 696 g/mol. The molecule has 2 atom stereocenters. The van der Waals surface area contributed by atoms with Gasteiger partial charge in [-0.3, -0.25) is 4.79 Å². The molecular weight excluding hydrogens is 651 g/mol. The zero-order chi connectivity index (χ0) is 31.4. The number of halogens is 2. The van der Waals surface area contributed by atoms with Crippen molar-refractivity contribution in [1.29, 1.82) is 0 Å². The van der Waals surface area contributed by atoms with E-state index in [0.717, 1.165) is 24.3 Å². The zero-order valence-electron chi connectivity index (χ0n) is 27.8. The van der Waals surface area contributed by atoms with E-state index in [-0.39, 0.29) is 30.6 Å². The molecule has 6 rings (SSSR count). The Labute approximate surface area is 296 Å². The second kappa shape index (κ2) is 17.0. The van der Waals surface area contributed by atoms with E-state index in [2.05, 4.69) is 147 Å². The molecule has 0 N–H and O–H groups in total. The maximum absolute atomic E-state index is 12.1. The molecule has 4 aromatic carbocycles. The van der Waals surface area contributed by atoms with E-state index in [0.29, 0.717) is 18.5 Å². The number of Topliss-reactive ketones (excluding diaryl/α,β-unsaturated/α-hetero) is 1. The molecule has 46 heavy (non-hydrogen) atoms. The topological polar surface area (TPSA) is 30.0 Å². The lowest BCUT2D eigenvalue weighted by Gasteiger charge is -2.36. The Morgan fingerprint density at radius 3 is 1.37 bits per heavy atom. The van der Waals surface area contributed by atoms with Crippen molar-refractivity contribution >= 4 is 76.9 Å². The Morgan fingerprint density at radius 1 is 0.609 bits per heavy atom. The van der Waals surface area contributed by atoms with Crippen molar-refractivity contribution in [2.75, 3.05) is 51.1 Å². The van der Waals surface area contributed by atoms with Gasteiger partial charge in [-0.2, -0.15) is 0 Å². The molecule has 0 bridgehead atoms. The first-order valence-corrected chi connectivity index (χ1v) is 17.0. The number of carbonyl (C=O) groups is 1. The molecule has 0 aromatic heterocycles. The number of hydrogen-bond acceptors (Lipinski definition) is 7. The van der Waals surface area contributed by atoms with Crippen LogP contribution >= 0.6 is 48.3 Å². The Kier molecular flexibility index (Phi) is 13.9. The summed E-state index contributed by atoms with van der Waals surface area (Å²) in [6, 6.07) is 32.9. The summed E-state index contributed by atoms with van der Waals surface area (Å²) in [7, 11) is 8.49. The maximum Gasteiger partial charge on any atom is 0.162 e. The van der Waals surface area contributed by atoms with Crippen LogP contribution in [-0.4, -0.2) is 68.9 Å². The summed E-state index contributed by atoms with van der Waals surface area (Å²) in [6.07, 6.45) is 0.538. The zero-order valence-corrected chi connectivity index (χ0v) is 31.0. The molecule has 4 aromatic rings. The number of benzene rings is 4. The number of hydrogen-bond donors (Lipinski definition) is 0. The van der Waals surface area contributed by atoms with Gasteiger partial charge in [0.15, 0.2) is 5.78 Å². The number of nitrogens with zero attached hydrogens (tertiary/aromatic N) is 4. The van der Waals surface area contributed by atoms with E-state index in [4.69, 9.17) is 0 Å². The lowest BCUT2D eigenvalue weighted by Crippen LogP contribution is -2.37. The van der Waals surface area contributed by atoms with Gasteiger partial charge in [-0.15, -0.1) is 24.8 Å². The maximum atomic E-state index is 12.1. The van der Waals surface area contributed by atoms with Crippen LogP contribution in [0.1, 0.15) is 37.6 Å². The summed E-state index contributed by atoms with van der Waals surface area (Å²) >= 11 is 3.65. The molecule has 0 amide bonds. The molecule has 2 unspecified atom stereocenters. The van der Waals surface area contributed by atoms with Gasteiger partial charge in [-0.25, -0.2) is 0 Å². The van der Waals surface area contributed by atoms with Crippen molar-refractivity contribution in [1.82, 2.24) is 9.80 Å².